The van der Waals surface area contributed by atoms with Crippen molar-refractivity contribution in [3.8, 4) is 0 Å². The van der Waals surface area contributed by atoms with E-state index in [0.29, 0.717) is 25.8 Å². The number of halogens is 1. The van der Waals surface area contributed by atoms with Gasteiger partial charge < -0.3 is 19.6 Å². The first-order valence-electron chi connectivity index (χ1n) is 9.80. The average molecular weight is 532 g/mol. The lowest BCUT2D eigenvalue weighted by Gasteiger charge is -2.43. The molecule has 11 heteroatoms. The molecule has 1 amide bonds. The van der Waals surface area contributed by atoms with Crippen LogP contribution in [-0.2, 0) is 11.5 Å². The summed E-state index contributed by atoms with van der Waals surface area (Å²) in [5, 5.41) is 13.9. The van der Waals surface area contributed by atoms with Crippen LogP contribution in [0.1, 0.15) is 13.8 Å². The highest BCUT2D eigenvalue weighted by Gasteiger charge is 2.33. The van der Waals surface area contributed by atoms with Gasteiger partial charge in [-0.15, -0.1) is 0 Å². The zero-order valence-electron chi connectivity index (χ0n) is 17.6. The van der Waals surface area contributed by atoms with Crippen LogP contribution in [0.3, 0.4) is 0 Å². The standard InChI is InChI=1S/C18H29IN6O3Si/c1-12-9-23(18(26)27)10-13(2)25(12)17-20-8-14-15(21-17)16(19)22-24(14)11-28-6-7-29(3,4)5/h8,12-13H,6-7,9-11H2,1-5H3,(H,26,27)/t12-,13+. The molecule has 0 radical (unpaired) electrons. The highest BCUT2D eigenvalue weighted by molar-refractivity contribution is 14.1. The lowest BCUT2D eigenvalue weighted by atomic mass is 10.1. The van der Waals surface area contributed by atoms with Gasteiger partial charge in [0.25, 0.3) is 0 Å². The van der Waals surface area contributed by atoms with Crippen molar-refractivity contribution in [1.82, 2.24) is 24.6 Å². The number of carboxylic acid groups (broad SMARTS) is 1. The summed E-state index contributed by atoms with van der Waals surface area (Å²) >= 11 is 2.19. The quantitative estimate of drug-likeness (QED) is 0.347. The van der Waals surface area contributed by atoms with Crippen molar-refractivity contribution in [2.45, 2.75) is 58.3 Å². The molecule has 1 aliphatic heterocycles. The SMILES string of the molecule is C[C@@H]1CN(C(=O)O)C[C@H](C)N1c1ncc2c(n1)c(I)nn2COCC[Si](C)(C)C. The molecule has 2 atom stereocenters. The van der Waals surface area contributed by atoms with Crippen molar-refractivity contribution in [2.24, 2.45) is 0 Å². The molecule has 0 aromatic carbocycles. The first-order valence-corrected chi connectivity index (χ1v) is 14.6. The first kappa shape index (κ1) is 22.2. The topological polar surface area (TPSA) is 96.6 Å². The van der Waals surface area contributed by atoms with E-state index >= 15 is 0 Å². The average Bonchev–Trinajstić information content (AvgIpc) is 2.93. The summed E-state index contributed by atoms with van der Waals surface area (Å²) in [6.45, 7) is 13.0. The Bertz CT molecular complexity index is 874. The van der Waals surface area contributed by atoms with Crippen LogP contribution in [0.25, 0.3) is 11.0 Å². The van der Waals surface area contributed by atoms with Crippen LogP contribution >= 0.6 is 22.6 Å². The highest BCUT2D eigenvalue weighted by atomic mass is 127. The molecular formula is C18H29IN6O3Si. The fourth-order valence-corrected chi connectivity index (χ4v) is 4.95. The van der Waals surface area contributed by atoms with Crippen LogP contribution in [-0.4, -0.2) is 75.7 Å². The maximum absolute atomic E-state index is 11.3. The smallest absolute Gasteiger partial charge is 0.407 e. The van der Waals surface area contributed by atoms with E-state index in [-0.39, 0.29) is 12.1 Å². The van der Waals surface area contributed by atoms with Crippen LogP contribution in [0.2, 0.25) is 25.7 Å². The number of nitrogens with zero attached hydrogens (tertiary/aromatic N) is 6. The Morgan fingerprint density at radius 3 is 2.55 bits per heavy atom. The van der Waals surface area contributed by atoms with Crippen molar-refractivity contribution in [1.29, 1.82) is 0 Å². The van der Waals surface area contributed by atoms with Crippen LogP contribution in [0, 0.1) is 3.70 Å². The van der Waals surface area contributed by atoms with Gasteiger partial charge in [0, 0.05) is 39.9 Å². The van der Waals surface area contributed by atoms with Crippen LogP contribution in [0.5, 0.6) is 0 Å². The van der Waals surface area contributed by atoms with Gasteiger partial charge in [-0.25, -0.2) is 19.4 Å². The largest absolute Gasteiger partial charge is 0.465 e. The summed E-state index contributed by atoms with van der Waals surface area (Å²) < 4.78 is 8.45. The summed E-state index contributed by atoms with van der Waals surface area (Å²) in [4.78, 5) is 24.2. The molecule has 1 saturated heterocycles. The number of carbonyl (C=O) groups is 1. The van der Waals surface area contributed by atoms with E-state index in [1.807, 2.05) is 13.8 Å². The zero-order valence-corrected chi connectivity index (χ0v) is 20.8. The lowest BCUT2D eigenvalue weighted by molar-refractivity contribution is 0.0814. The molecule has 3 heterocycles. The Morgan fingerprint density at radius 1 is 1.31 bits per heavy atom. The Balaban J connectivity index is 1.77. The number of hydrogen-bond acceptors (Lipinski definition) is 6. The maximum atomic E-state index is 11.3. The van der Waals surface area contributed by atoms with E-state index in [1.54, 1.807) is 10.9 Å². The van der Waals surface area contributed by atoms with Crippen LogP contribution < -0.4 is 4.90 Å². The minimum atomic E-state index is -1.12. The predicted octanol–water partition coefficient (Wildman–Crippen LogP) is 3.32. The molecular weight excluding hydrogens is 503 g/mol. The number of amides is 1. The van der Waals surface area contributed by atoms with Gasteiger partial charge in [-0.1, -0.05) is 19.6 Å². The van der Waals surface area contributed by atoms with Crippen molar-refractivity contribution in [2.75, 3.05) is 24.6 Å². The molecule has 0 spiro atoms. The van der Waals surface area contributed by atoms with E-state index in [4.69, 9.17) is 9.72 Å². The number of anilines is 1. The zero-order chi connectivity index (χ0) is 21.3. The molecule has 2 aromatic heterocycles. The van der Waals surface area contributed by atoms with Crippen molar-refractivity contribution < 1.29 is 14.6 Å². The summed E-state index contributed by atoms with van der Waals surface area (Å²) in [5.41, 5.74) is 1.64. The van der Waals surface area contributed by atoms with Gasteiger partial charge in [0.1, 0.15) is 21.5 Å². The van der Waals surface area contributed by atoms with Gasteiger partial charge in [-0.05, 0) is 42.5 Å². The minimum absolute atomic E-state index is 0.00935. The van der Waals surface area contributed by atoms with Crippen LogP contribution in [0.15, 0.2) is 6.20 Å². The summed E-state index contributed by atoms with van der Waals surface area (Å²) in [5.74, 6) is 0.611. The molecule has 9 nitrogen and oxygen atoms in total. The highest BCUT2D eigenvalue weighted by Crippen LogP contribution is 2.25. The van der Waals surface area contributed by atoms with Gasteiger partial charge in [-0.3, -0.25) is 0 Å². The molecule has 0 aliphatic carbocycles. The Labute approximate surface area is 185 Å². The summed E-state index contributed by atoms with van der Waals surface area (Å²) in [7, 11) is -1.12. The number of aromatic nitrogens is 4. The van der Waals surface area contributed by atoms with Crippen molar-refractivity contribution in [3.05, 3.63) is 9.90 Å². The second-order valence-electron chi connectivity index (χ2n) is 8.84. The van der Waals surface area contributed by atoms with Gasteiger partial charge in [0.15, 0.2) is 0 Å². The van der Waals surface area contributed by atoms with Gasteiger partial charge in [-0.2, -0.15) is 5.10 Å². The molecule has 1 N–H and O–H groups in total. The second kappa shape index (κ2) is 8.72. The molecule has 1 aliphatic rings. The van der Waals surface area contributed by atoms with E-state index in [1.165, 1.54) is 4.90 Å². The van der Waals surface area contributed by atoms with Crippen LogP contribution in [0.4, 0.5) is 10.7 Å². The fraction of sp³-hybridized carbons (Fsp3) is 0.667. The Morgan fingerprint density at radius 2 is 1.97 bits per heavy atom. The van der Waals surface area contributed by atoms with Crippen molar-refractivity contribution in [3.63, 3.8) is 0 Å². The lowest BCUT2D eigenvalue weighted by Crippen LogP contribution is -2.58. The Hall–Kier alpha value is -1.47. The molecule has 0 bridgehead atoms. The predicted molar refractivity (Wildman–Crippen MR) is 123 cm³/mol. The monoisotopic (exact) mass is 532 g/mol. The third-order valence-electron chi connectivity index (χ3n) is 5.07. The third-order valence-corrected chi connectivity index (χ3v) is 7.50. The third kappa shape index (κ3) is 5.18. The normalized spacial score (nSPS) is 20.5. The van der Waals surface area contributed by atoms with Gasteiger partial charge in [0.05, 0.1) is 6.20 Å². The second-order valence-corrected chi connectivity index (χ2v) is 15.5. The first-order chi connectivity index (χ1) is 13.6. The number of hydrogen-bond donors (Lipinski definition) is 1. The summed E-state index contributed by atoms with van der Waals surface area (Å²) in [6, 6.07) is 1.09. The summed E-state index contributed by atoms with van der Waals surface area (Å²) in [6.07, 6.45) is 0.905. The van der Waals surface area contributed by atoms with E-state index in [9.17, 15) is 9.90 Å². The van der Waals surface area contributed by atoms with Gasteiger partial charge >= 0.3 is 6.09 Å². The van der Waals surface area contributed by atoms with E-state index in [2.05, 4.69) is 57.2 Å². The molecule has 1 fully saturated rings. The number of rotatable bonds is 6. The molecule has 29 heavy (non-hydrogen) atoms. The van der Waals surface area contributed by atoms with E-state index < -0.39 is 14.2 Å². The number of fused-ring (bicyclic) bond motifs is 1. The molecule has 0 saturated carbocycles. The fourth-order valence-electron chi connectivity index (χ4n) is 3.54. The minimum Gasteiger partial charge on any atom is -0.465 e. The molecule has 160 valence electrons. The number of ether oxygens (including phenoxy) is 1. The molecule has 0 unspecified atom stereocenters. The molecule has 2 aromatic rings. The number of piperazine rings is 1. The van der Waals surface area contributed by atoms with E-state index in [0.717, 1.165) is 27.4 Å². The van der Waals surface area contributed by atoms with Crippen molar-refractivity contribution >= 4 is 53.7 Å². The molecule has 3 rings (SSSR count). The van der Waals surface area contributed by atoms with Gasteiger partial charge in [0.2, 0.25) is 5.95 Å². The maximum Gasteiger partial charge on any atom is 0.407 e. The Kier molecular flexibility index (Phi) is 6.68.